The highest BCUT2D eigenvalue weighted by Gasteiger charge is 2.07. The van der Waals surface area contributed by atoms with Gasteiger partial charge in [0.15, 0.2) is 11.6 Å². The fourth-order valence-corrected chi connectivity index (χ4v) is 2.10. The molecule has 0 saturated carbocycles. The van der Waals surface area contributed by atoms with E-state index in [-0.39, 0.29) is 17.6 Å². The first kappa shape index (κ1) is 15.3. The third-order valence-corrected chi connectivity index (χ3v) is 3.44. The average Bonchev–Trinajstić information content (AvgIpc) is 2.52. The number of hydrogen-bond donors (Lipinski definition) is 1. The van der Waals surface area contributed by atoms with Crippen molar-refractivity contribution in [3.63, 3.8) is 0 Å². The molecule has 2 rings (SSSR count). The Balaban J connectivity index is 1.96. The average molecular weight is 289 g/mol. The van der Waals surface area contributed by atoms with Crippen LogP contribution in [0.3, 0.4) is 0 Å². The van der Waals surface area contributed by atoms with E-state index in [0.717, 1.165) is 16.9 Å². The first-order valence-corrected chi connectivity index (χ1v) is 6.83. The van der Waals surface area contributed by atoms with Gasteiger partial charge in [-0.3, -0.25) is 0 Å². The summed E-state index contributed by atoms with van der Waals surface area (Å²) in [5.74, 6) is 0.763. The van der Waals surface area contributed by atoms with Gasteiger partial charge < -0.3 is 14.8 Å². The van der Waals surface area contributed by atoms with Crippen LogP contribution in [-0.2, 0) is 6.54 Å². The number of methoxy groups -OCH3 is 2. The molecule has 0 aliphatic heterocycles. The standard InChI is InChI=1S/C17H20FNO2/c1-12(14-5-7-15(20-2)8-6-14)19-11-13-4-9-17(21-3)16(18)10-13/h4-10,12,19H,11H2,1-3H3/t12-/m0/s1. The van der Waals surface area contributed by atoms with E-state index in [9.17, 15) is 4.39 Å². The maximum absolute atomic E-state index is 13.6. The Hall–Kier alpha value is -2.07. The molecular weight excluding hydrogens is 269 g/mol. The minimum Gasteiger partial charge on any atom is -0.497 e. The summed E-state index contributed by atoms with van der Waals surface area (Å²) in [7, 11) is 3.11. The molecule has 0 saturated heterocycles. The molecular formula is C17H20FNO2. The Kier molecular flexibility index (Phi) is 5.17. The Morgan fingerprint density at radius 3 is 2.33 bits per heavy atom. The zero-order valence-electron chi connectivity index (χ0n) is 12.5. The van der Waals surface area contributed by atoms with Crippen LogP contribution < -0.4 is 14.8 Å². The summed E-state index contributed by atoms with van der Waals surface area (Å²) in [6, 6.07) is 13.1. The normalized spacial score (nSPS) is 12.0. The van der Waals surface area contributed by atoms with Gasteiger partial charge in [0.25, 0.3) is 0 Å². The number of benzene rings is 2. The smallest absolute Gasteiger partial charge is 0.165 e. The minimum absolute atomic E-state index is 0.168. The second-order valence-corrected chi connectivity index (χ2v) is 4.84. The van der Waals surface area contributed by atoms with Crippen LogP contribution in [0, 0.1) is 5.82 Å². The van der Waals surface area contributed by atoms with Crippen LogP contribution in [0.2, 0.25) is 0 Å². The van der Waals surface area contributed by atoms with Gasteiger partial charge in [-0.05, 0) is 42.3 Å². The number of nitrogens with one attached hydrogen (secondary N) is 1. The SMILES string of the molecule is COc1ccc([C@H](C)NCc2ccc(OC)c(F)c2)cc1. The summed E-state index contributed by atoms with van der Waals surface area (Å²) in [6.07, 6.45) is 0. The van der Waals surface area contributed by atoms with Gasteiger partial charge in [-0.1, -0.05) is 18.2 Å². The van der Waals surface area contributed by atoms with Crippen molar-refractivity contribution in [1.82, 2.24) is 5.32 Å². The fraction of sp³-hybridized carbons (Fsp3) is 0.294. The highest BCUT2D eigenvalue weighted by atomic mass is 19.1. The van der Waals surface area contributed by atoms with E-state index >= 15 is 0 Å². The molecule has 0 spiro atoms. The van der Waals surface area contributed by atoms with Gasteiger partial charge in [0.2, 0.25) is 0 Å². The first-order chi connectivity index (χ1) is 10.1. The molecule has 0 radical (unpaired) electrons. The van der Waals surface area contributed by atoms with Crippen LogP contribution in [0.25, 0.3) is 0 Å². The molecule has 2 aromatic rings. The van der Waals surface area contributed by atoms with Crippen molar-refractivity contribution >= 4 is 0 Å². The summed E-state index contributed by atoms with van der Waals surface area (Å²) in [5, 5.41) is 3.37. The summed E-state index contributed by atoms with van der Waals surface area (Å²) in [4.78, 5) is 0. The molecule has 1 N–H and O–H groups in total. The fourth-order valence-electron chi connectivity index (χ4n) is 2.10. The van der Waals surface area contributed by atoms with Gasteiger partial charge in [0.1, 0.15) is 5.75 Å². The third kappa shape index (κ3) is 3.95. The van der Waals surface area contributed by atoms with Crippen LogP contribution in [-0.4, -0.2) is 14.2 Å². The van der Waals surface area contributed by atoms with Crippen molar-refractivity contribution in [2.75, 3.05) is 14.2 Å². The Bertz CT molecular complexity index is 584. The molecule has 0 aliphatic rings. The van der Waals surface area contributed by atoms with Crippen molar-refractivity contribution in [3.05, 3.63) is 59.4 Å². The van der Waals surface area contributed by atoms with Crippen molar-refractivity contribution in [1.29, 1.82) is 0 Å². The van der Waals surface area contributed by atoms with Gasteiger partial charge in [-0.2, -0.15) is 0 Å². The number of hydrogen-bond acceptors (Lipinski definition) is 3. The molecule has 0 amide bonds. The predicted molar refractivity (Wildman–Crippen MR) is 81.2 cm³/mol. The van der Waals surface area contributed by atoms with Crippen LogP contribution in [0.4, 0.5) is 4.39 Å². The molecule has 3 nitrogen and oxygen atoms in total. The van der Waals surface area contributed by atoms with E-state index < -0.39 is 0 Å². The lowest BCUT2D eigenvalue weighted by atomic mass is 10.1. The van der Waals surface area contributed by atoms with Crippen LogP contribution in [0.1, 0.15) is 24.1 Å². The number of halogens is 1. The summed E-state index contributed by atoms with van der Waals surface area (Å²) < 4.78 is 23.7. The molecule has 21 heavy (non-hydrogen) atoms. The molecule has 112 valence electrons. The minimum atomic E-state index is -0.339. The van der Waals surface area contributed by atoms with Crippen LogP contribution >= 0.6 is 0 Å². The zero-order valence-corrected chi connectivity index (χ0v) is 12.5. The maximum Gasteiger partial charge on any atom is 0.165 e. The van der Waals surface area contributed by atoms with Gasteiger partial charge >= 0.3 is 0 Å². The van der Waals surface area contributed by atoms with E-state index in [2.05, 4.69) is 12.2 Å². The molecule has 0 fully saturated rings. The molecule has 1 atom stereocenters. The highest BCUT2D eigenvalue weighted by Crippen LogP contribution is 2.20. The lowest BCUT2D eigenvalue weighted by Gasteiger charge is -2.15. The molecule has 0 aliphatic carbocycles. The second kappa shape index (κ2) is 7.09. The van der Waals surface area contributed by atoms with Gasteiger partial charge in [0.05, 0.1) is 14.2 Å². The Morgan fingerprint density at radius 2 is 1.76 bits per heavy atom. The van der Waals surface area contributed by atoms with E-state index in [4.69, 9.17) is 9.47 Å². The predicted octanol–water partition coefficient (Wildman–Crippen LogP) is 3.69. The molecule has 0 aromatic heterocycles. The van der Waals surface area contributed by atoms with E-state index in [1.807, 2.05) is 30.3 Å². The zero-order chi connectivity index (χ0) is 15.2. The molecule has 0 bridgehead atoms. The monoisotopic (exact) mass is 289 g/mol. The van der Waals surface area contributed by atoms with Crippen molar-refractivity contribution in [2.24, 2.45) is 0 Å². The molecule has 4 heteroatoms. The quantitative estimate of drug-likeness (QED) is 0.879. The van der Waals surface area contributed by atoms with E-state index in [1.165, 1.54) is 13.2 Å². The number of ether oxygens (including phenoxy) is 2. The van der Waals surface area contributed by atoms with Crippen molar-refractivity contribution in [3.8, 4) is 11.5 Å². The van der Waals surface area contributed by atoms with E-state index in [1.54, 1.807) is 13.2 Å². The maximum atomic E-state index is 13.6. The largest absolute Gasteiger partial charge is 0.497 e. The Labute approximate surface area is 124 Å². The third-order valence-electron chi connectivity index (χ3n) is 3.44. The lowest BCUT2D eigenvalue weighted by molar-refractivity contribution is 0.386. The topological polar surface area (TPSA) is 30.5 Å². The first-order valence-electron chi connectivity index (χ1n) is 6.83. The van der Waals surface area contributed by atoms with Crippen molar-refractivity contribution in [2.45, 2.75) is 19.5 Å². The van der Waals surface area contributed by atoms with E-state index in [0.29, 0.717) is 6.54 Å². The summed E-state index contributed by atoms with van der Waals surface area (Å²) in [6.45, 7) is 2.66. The van der Waals surface area contributed by atoms with Crippen LogP contribution in [0.5, 0.6) is 11.5 Å². The summed E-state index contributed by atoms with van der Waals surface area (Å²) >= 11 is 0. The number of rotatable bonds is 6. The summed E-state index contributed by atoms with van der Waals surface area (Å²) in [5.41, 5.74) is 2.04. The molecule has 2 aromatic carbocycles. The van der Waals surface area contributed by atoms with Crippen LogP contribution in [0.15, 0.2) is 42.5 Å². The Morgan fingerprint density at radius 1 is 1.05 bits per heavy atom. The lowest BCUT2D eigenvalue weighted by Crippen LogP contribution is -2.18. The van der Waals surface area contributed by atoms with Crippen molar-refractivity contribution < 1.29 is 13.9 Å². The molecule has 0 heterocycles. The van der Waals surface area contributed by atoms with Gasteiger partial charge in [-0.15, -0.1) is 0 Å². The van der Waals surface area contributed by atoms with Gasteiger partial charge in [-0.25, -0.2) is 4.39 Å². The second-order valence-electron chi connectivity index (χ2n) is 4.84. The molecule has 0 unspecified atom stereocenters. The highest BCUT2D eigenvalue weighted by molar-refractivity contribution is 5.30. The van der Waals surface area contributed by atoms with Gasteiger partial charge in [0, 0.05) is 12.6 Å².